The second kappa shape index (κ2) is 4.34. The van der Waals surface area contributed by atoms with Crippen LogP contribution < -0.4 is 0 Å². The molecule has 1 N–H and O–H groups in total. The minimum Gasteiger partial charge on any atom is -0.390 e. The van der Waals surface area contributed by atoms with Crippen LogP contribution in [0.3, 0.4) is 0 Å². The van der Waals surface area contributed by atoms with Crippen molar-refractivity contribution >= 4 is 0 Å². The van der Waals surface area contributed by atoms with E-state index in [2.05, 4.69) is 30.3 Å². The maximum atomic E-state index is 10.6. The molecule has 0 amide bonds. The summed E-state index contributed by atoms with van der Waals surface area (Å²) in [5.74, 6) is 3.37. The molecule has 102 valence electrons. The molecule has 1 nitrogen and oxygen atoms in total. The maximum Gasteiger partial charge on any atom is 0.0656 e. The summed E-state index contributed by atoms with van der Waals surface area (Å²) in [6.07, 6.45) is 8.66. The molecule has 4 saturated carbocycles. The number of rotatable bonds is 3. The summed E-state index contributed by atoms with van der Waals surface area (Å²) in [6.45, 7) is 0. The molecule has 2 atom stereocenters. The Balaban J connectivity index is 1.45. The third-order valence-electron chi connectivity index (χ3n) is 6.05. The Labute approximate surface area is 116 Å². The fraction of sp³-hybridized carbons (Fsp3) is 0.667. The van der Waals surface area contributed by atoms with E-state index in [9.17, 15) is 5.11 Å². The molecule has 1 aromatic carbocycles. The van der Waals surface area contributed by atoms with Crippen molar-refractivity contribution < 1.29 is 5.11 Å². The van der Waals surface area contributed by atoms with Crippen LogP contribution in [-0.2, 0) is 6.42 Å². The molecule has 1 heteroatoms. The van der Waals surface area contributed by atoms with Crippen molar-refractivity contribution in [2.45, 2.75) is 50.5 Å². The summed E-state index contributed by atoms with van der Waals surface area (Å²) >= 11 is 0. The minimum atomic E-state index is -0.264. The van der Waals surface area contributed by atoms with E-state index in [4.69, 9.17) is 0 Å². The minimum absolute atomic E-state index is 0.264. The number of hydrogen-bond acceptors (Lipinski definition) is 1. The second-order valence-electron chi connectivity index (χ2n) is 7.38. The van der Waals surface area contributed by atoms with E-state index in [0.717, 1.165) is 42.9 Å². The third kappa shape index (κ3) is 2.12. The number of aryl methyl sites for hydroxylation is 1. The summed E-state index contributed by atoms with van der Waals surface area (Å²) in [4.78, 5) is 0. The molecule has 2 unspecified atom stereocenters. The molecule has 0 spiro atoms. The first-order chi connectivity index (χ1) is 9.22. The average molecular weight is 256 g/mol. The van der Waals surface area contributed by atoms with Crippen LogP contribution >= 0.6 is 0 Å². The van der Waals surface area contributed by atoms with Gasteiger partial charge in [0.25, 0.3) is 0 Å². The Kier molecular flexibility index (Phi) is 2.73. The highest BCUT2D eigenvalue weighted by molar-refractivity contribution is 5.15. The van der Waals surface area contributed by atoms with E-state index in [1.165, 1.54) is 31.2 Å². The van der Waals surface area contributed by atoms with Gasteiger partial charge >= 0.3 is 0 Å². The molecule has 0 aromatic heterocycles. The van der Waals surface area contributed by atoms with E-state index in [-0.39, 0.29) is 5.60 Å². The predicted octanol–water partition coefficient (Wildman–Crippen LogP) is 3.81. The molecule has 5 rings (SSSR count). The van der Waals surface area contributed by atoms with Crippen LogP contribution in [0.25, 0.3) is 0 Å². The average Bonchev–Trinajstić information content (AvgIpc) is 2.37. The van der Waals surface area contributed by atoms with Gasteiger partial charge in [-0.2, -0.15) is 0 Å². The van der Waals surface area contributed by atoms with Crippen LogP contribution in [0.15, 0.2) is 30.3 Å². The summed E-state index contributed by atoms with van der Waals surface area (Å²) in [6, 6.07) is 10.9. The van der Waals surface area contributed by atoms with Gasteiger partial charge in [0.05, 0.1) is 5.60 Å². The smallest absolute Gasteiger partial charge is 0.0656 e. The van der Waals surface area contributed by atoms with Crippen LogP contribution in [0.1, 0.15) is 44.1 Å². The summed E-state index contributed by atoms with van der Waals surface area (Å²) < 4.78 is 0. The van der Waals surface area contributed by atoms with E-state index in [0.29, 0.717) is 0 Å². The van der Waals surface area contributed by atoms with Gasteiger partial charge < -0.3 is 5.11 Å². The fourth-order valence-electron chi connectivity index (χ4n) is 5.54. The van der Waals surface area contributed by atoms with Crippen LogP contribution in [0.5, 0.6) is 0 Å². The monoisotopic (exact) mass is 256 g/mol. The summed E-state index contributed by atoms with van der Waals surface area (Å²) in [7, 11) is 0. The third-order valence-corrected chi connectivity index (χ3v) is 6.05. The summed E-state index contributed by atoms with van der Waals surface area (Å²) in [5.41, 5.74) is 1.22. The van der Waals surface area contributed by atoms with E-state index in [1.54, 1.807) is 0 Å². The van der Waals surface area contributed by atoms with Crippen LogP contribution in [0, 0.1) is 23.7 Å². The van der Waals surface area contributed by atoms with Gasteiger partial charge in [-0.3, -0.25) is 0 Å². The number of aliphatic hydroxyl groups is 1. The Hall–Kier alpha value is -0.820. The zero-order valence-electron chi connectivity index (χ0n) is 11.6. The second-order valence-corrected chi connectivity index (χ2v) is 7.38. The molecule has 0 heterocycles. The van der Waals surface area contributed by atoms with Crippen LogP contribution in [0.4, 0.5) is 0 Å². The van der Waals surface area contributed by atoms with Gasteiger partial charge in [0, 0.05) is 0 Å². The molecule has 4 bridgehead atoms. The molecule has 1 aromatic rings. The van der Waals surface area contributed by atoms with Gasteiger partial charge in [-0.05, 0) is 74.2 Å². The van der Waals surface area contributed by atoms with Gasteiger partial charge in [0.15, 0.2) is 0 Å². The van der Waals surface area contributed by atoms with Crippen molar-refractivity contribution in [3.8, 4) is 0 Å². The highest BCUT2D eigenvalue weighted by atomic mass is 16.3. The van der Waals surface area contributed by atoms with Gasteiger partial charge in [0.2, 0.25) is 0 Å². The largest absolute Gasteiger partial charge is 0.390 e. The lowest BCUT2D eigenvalue weighted by atomic mass is 9.49. The molecule has 0 saturated heterocycles. The van der Waals surface area contributed by atoms with Crippen LogP contribution in [0.2, 0.25) is 0 Å². The highest BCUT2D eigenvalue weighted by Crippen LogP contribution is 2.59. The van der Waals surface area contributed by atoms with Crippen LogP contribution in [-0.4, -0.2) is 10.7 Å². The van der Waals surface area contributed by atoms with E-state index in [1.807, 2.05) is 0 Å². The predicted molar refractivity (Wildman–Crippen MR) is 76.8 cm³/mol. The first-order valence-electron chi connectivity index (χ1n) is 7.98. The Morgan fingerprint density at radius 3 is 2.32 bits per heavy atom. The molecular weight excluding hydrogens is 232 g/mol. The molecule has 4 fully saturated rings. The normalized spacial score (nSPS) is 43.6. The molecule has 0 radical (unpaired) electrons. The topological polar surface area (TPSA) is 20.2 Å². The zero-order valence-corrected chi connectivity index (χ0v) is 11.6. The zero-order chi connectivity index (χ0) is 12.9. The van der Waals surface area contributed by atoms with Crippen molar-refractivity contribution in [2.24, 2.45) is 23.7 Å². The van der Waals surface area contributed by atoms with Crippen molar-refractivity contribution in [1.29, 1.82) is 0 Å². The molecule has 19 heavy (non-hydrogen) atoms. The standard InChI is InChI=1S/C18H24O/c19-18-10-14-8-15(11-18)17(16(9-14)12-18)7-6-13-4-2-1-3-5-13/h1-5,14-17,19H,6-12H2. The Morgan fingerprint density at radius 2 is 1.68 bits per heavy atom. The first kappa shape index (κ1) is 12.0. The lowest BCUT2D eigenvalue weighted by molar-refractivity contribution is -0.152. The van der Waals surface area contributed by atoms with Crippen molar-refractivity contribution in [1.82, 2.24) is 0 Å². The lowest BCUT2D eigenvalue weighted by Crippen LogP contribution is -2.54. The van der Waals surface area contributed by atoms with Crippen molar-refractivity contribution in [3.05, 3.63) is 35.9 Å². The molecule has 0 aliphatic heterocycles. The quantitative estimate of drug-likeness (QED) is 0.872. The summed E-state index contributed by atoms with van der Waals surface area (Å²) in [5, 5.41) is 10.6. The lowest BCUT2D eigenvalue weighted by Gasteiger charge is -2.58. The molecular formula is C18H24O. The van der Waals surface area contributed by atoms with E-state index >= 15 is 0 Å². The van der Waals surface area contributed by atoms with Gasteiger partial charge in [-0.1, -0.05) is 30.3 Å². The van der Waals surface area contributed by atoms with E-state index < -0.39 is 0 Å². The first-order valence-corrected chi connectivity index (χ1v) is 7.98. The number of hydrogen-bond donors (Lipinski definition) is 1. The molecule has 4 aliphatic carbocycles. The Bertz CT molecular complexity index is 436. The van der Waals surface area contributed by atoms with Gasteiger partial charge in [-0.25, -0.2) is 0 Å². The number of benzene rings is 1. The molecule has 4 aliphatic rings. The van der Waals surface area contributed by atoms with Gasteiger partial charge in [0.1, 0.15) is 0 Å². The van der Waals surface area contributed by atoms with Crippen molar-refractivity contribution in [2.75, 3.05) is 0 Å². The van der Waals surface area contributed by atoms with Crippen molar-refractivity contribution in [3.63, 3.8) is 0 Å². The highest BCUT2D eigenvalue weighted by Gasteiger charge is 2.54. The SMILES string of the molecule is OC12CC3CC(C1)C(CCc1ccccc1)C(C3)C2. The fourth-order valence-corrected chi connectivity index (χ4v) is 5.54. The maximum absolute atomic E-state index is 10.6. The Morgan fingerprint density at radius 1 is 1.00 bits per heavy atom. The van der Waals surface area contributed by atoms with Gasteiger partial charge in [-0.15, -0.1) is 0 Å².